The molecule has 1 atom stereocenters. The molecule has 1 amide bonds. The lowest BCUT2D eigenvalue weighted by Gasteiger charge is -2.13. The maximum absolute atomic E-state index is 11.4. The highest BCUT2D eigenvalue weighted by molar-refractivity contribution is 9.10. The van der Waals surface area contributed by atoms with E-state index in [4.69, 9.17) is 0 Å². The van der Waals surface area contributed by atoms with E-state index in [1.165, 1.54) is 6.26 Å². The van der Waals surface area contributed by atoms with Gasteiger partial charge in [-0.15, -0.1) is 0 Å². The van der Waals surface area contributed by atoms with Gasteiger partial charge in [-0.05, 0) is 12.3 Å². The zero-order valence-electron chi connectivity index (χ0n) is 9.29. The molecule has 90 valence electrons. The highest BCUT2D eigenvalue weighted by Crippen LogP contribution is 2.11. The summed E-state index contributed by atoms with van der Waals surface area (Å²) in [5.74, 6) is 0.250. The minimum atomic E-state index is -2.92. The van der Waals surface area contributed by atoms with Crippen LogP contribution in [0.4, 0.5) is 0 Å². The molecular formula is C9H18BrNO3S. The molecule has 0 aliphatic heterocycles. The van der Waals surface area contributed by atoms with Gasteiger partial charge in [-0.25, -0.2) is 8.42 Å². The first-order valence-electron chi connectivity index (χ1n) is 4.83. The van der Waals surface area contributed by atoms with Crippen LogP contribution in [0.3, 0.4) is 0 Å². The van der Waals surface area contributed by atoms with Crippen LogP contribution in [0.25, 0.3) is 0 Å². The minimum absolute atomic E-state index is 0.0847. The molecule has 0 aliphatic rings. The Morgan fingerprint density at radius 3 is 2.33 bits per heavy atom. The Bertz CT molecular complexity index is 300. The van der Waals surface area contributed by atoms with Gasteiger partial charge in [0.15, 0.2) is 0 Å². The Morgan fingerprint density at radius 2 is 1.93 bits per heavy atom. The second-order valence-electron chi connectivity index (χ2n) is 3.92. The Balaban J connectivity index is 3.74. The van der Waals surface area contributed by atoms with Crippen molar-refractivity contribution in [3.05, 3.63) is 0 Å². The third kappa shape index (κ3) is 7.79. The van der Waals surface area contributed by atoms with Gasteiger partial charge in [-0.3, -0.25) is 4.79 Å². The number of carbonyl (C=O) groups is 1. The lowest BCUT2D eigenvalue weighted by molar-refractivity contribution is -0.121. The third-order valence-corrected chi connectivity index (χ3v) is 4.33. The maximum atomic E-state index is 11.4. The zero-order valence-corrected chi connectivity index (χ0v) is 11.7. The number of rotatable bonds is 6. The molecule has 0 rings (SSSR count). The maximum Gasteiger partial charge on any atom is 0.234 e. The first-order chi connectivity index (χ1) is 6.74. The lowest BCUT2D eigenvalue weighted by Crippen LogP contribution is -2.35. The summed E-state index contributed by atoms with van der Waals surface area (Å²) in [5, 5.41) is 2.69. The van der Waals surface area contributed by atoms with Crippen LogP contribution < -0.4 is 5.32 Å². The van der Waals surface area contributed by atoms with E-state index in [1.54, 1.807) is 0 Å². The van der Waals surface area contributed by atoms with Crippen LogP contribution >= 0.6 is 15.9 Å². The van der Waals surface area contributed by atoms with Crippen LogP contribution in [0.2, 0.25) is 0 Å². The van der Waals surface area contributed by atoms with E-state index in [2.05, 4.69) is 21.2 Å². The summed E-state index contributed by atoms with van der Waals surface area (Å²) in [7, 11) is -2.92. The van der Waals surface area contributed by atoms with Crippen molar-refractivity contribution >= 4 is 31.7 Å². The molecular weight excluding hydrogens is 282 g/mol. The van der Waals surface area contributed by atoms with Gasteiger partial charge in [0.1, 0.15) is 9.84 Å². The Hall–Kier alpha value is -0.100. The van der Waals surface area contributed by atoms with Crippen LogP contribution in [-0.2, 0) is 14.6 Å². The molecule has 0 aromatic heterocycles. The van der Waals surface area contributed by atoms with Crippen LogP contribution in [0.15, 0.2) is 0 Å². The highest BCUT2D eigenvalue weighted by atomic mass is 79.9. The monoisotopic (exact) mass is 299 g/mol. The van der Waals surface area contributed by atoms with E-state index in [9.17, 15) is 13.2 Å². The van der Waals surface area contributed by atoms with Crippen LogP contribution in [0.5, 0.6) is 0 Å². The van der Waals surface area contributed by atoms with Gasteiger partial charge >= 0.3 is 0 Å². The number of hydrogen-bond donors (Lipinski definition) is 1. The molecule has 0 aromatic rings. The lowest BCUT2D eigenvalue weighted by atomic mass is 10.1. The van der Waals surface area contributed by atoms with Gasteiger partial charge < -0.3 is 5.32 Å². The average molecular weight is 300 g/mol. The van der Waals surface area contributed by atoms with E-state index < -0.39 is 9.84 Å². The SMILES string of the molecule is CC(C)C(Br)C(=O)NCCCS(C)(=O)=O. The molecule has 0 aromatic carbocycles. The molecule has 0 saturated carbocycles. The number of hydrogen-bond acceptors (Lipinski definition) is 3. The predicted molar refractivity (Wildman–Crippen MR) is 64.9 cm³/mol. The normalized spacial score (nSPS) is 13.9. The molecule has 0 heterocycles. The first kappa shape index (κ1) is 14.9. The van der Waals surface area contributed by atoms with Crippen LogP contribution in [0, 0.1) is 5.92 Å². The highest BCUT2D eigenvalue weighted by Gasteiger charge is 2.17. The quantitative estimate of drug-likeness (QED) is 0.587. The summed E-state index contributed by atoms with van der Waals surface area (Å²) < 4.78 is 21.6. The van der Waals surface area contributed by atoms with Crippen molar-refractivity contribution in [2.45, 2.75) is 25.1 Å². The number of nitrogens with one attached hydrogen (secondary N) is 1. The summed E-state index contributed by atoms with van der Waals surface area (Å²) in [6.07, 6.45) is 1.65. The van der Waals surface area contributed by atoms with E-state index in [-0.39, 0.29) is 22.4 Å². The number of alkyl halides is 1. The van der Waals surface area contributed by atoms with E-state index >= 15 is 0 Å². The van der Waals surface area contributed by atoms with E-state index in [0.29, 0.717) is 13.0 Å². The molecule has 4 nitrogen and oxygen atoms in total. The third-order valence-electron chi connectivity index (χ3n) is 1.83. The number of carbonyl (C=O) groups excluding carboxylic acids is 1. The summed E-state index contributed by atoms with van der Waals surface area (Å²) >= 11 is 3.27. The van der Waals surface area contributed by atoms with Gasteiger partial charge in [0, 0.05) is 12.8 Å². The fraction of sp³-hybridized carbons (Fsp3) is 0.889. The van der Waals surface area contributed by atoms with Crippen molar-refractivity contribution in [1.29, 1.82) is 0 Å². The van der Waals surface area contributed by atoms with Crippen molar-refractivity contribution in [2.24, 2.45) is 5.92 Å². The molecule has 0 aliphatic carbocycles. The fourth-order valence-corrected chi connectivity index (χ4v) is 1.78. The summed E-state index contributed by atoms with van der Waals surface area (Å²) in [6, 6.07) is 0. The van der Waals surface area contributed by atoms with Crippen LogP contribution in [-0.4, -0.2) is 37.7 Å². The minimum Gasteiger partial charge on any atom is -0.355 e. The predicted octanol–water partition coefficient (Wildman–Crippen LogP) is 0.957. The molecule has 0 fully saturated rings. The molecule has 1 unspecified atom stereocenters. The average Bonchev–Trinajstić information content (AvgIpc) is 2.09. The van der Waals surface area contributed by atoms with Gasteiger partial charge in [0.25, 0.3) is 0 Å². The Labute approximate surface area is 99.9 Å². The van der Waals surface area contributed by atoms with Crippen molar-refractivity contribution < 1.29 is 13.2 Å². The molecule has 15 heavy (non-hydrogen) atoms. The second-order valence-corrected chi connectivity index (χ2v) is 7.17. The number of sulfone groups is 1. The smallest absolute Gasteiger partial charge is 0.234 e. The van der Waals surface area contributed by atoms with Crippen molar-refractivity contribution in [2.75, 3.05) is 18.6 Å². The van der Waals surface area contributed by atoms with Gasteiger partial charge in [0.05, 0.1) is 10.6 Å². The molecule has 1 N–H and O–H groups in total. The first-order valence-corrected chi connectivity index (χ1v) is 7.81. The van der Waals surface area contributed by atoms with E-state index in [0.717, 1.165) is 0 Å². The molecule has 0 spiro atoms. The van der Waals surface area contributed by atoms with Gasteiger partial charge in [-0.1, -0.05) is 29.8 Å². The molecule has 0 radical (unpaired) electrons. The Morgan fingerprint density at radius 1 is 1.40 bits per heavy atom. The summed E-state index contributed by atoms with van der Waals surface area (Å²) in [4.78, 5) is 11.2. The Kier molecular flexibility index (Phi) is 6.43. The fourth-order valence-electron chi connectivity index (χ4n) is 0.946. The molecule has 0 bridgehead atoms. The van der Waals surface area contributed by atoms with E-state index in [1.807, 2.05) is 13.8 Å². The van der Waals surface area contributed by atoms with Gasteiger partial charge in [0.2, 0.25) is 5.91 Å². The molecule has 0 saturated heterocycles. The standard InChI is InChI=1S/C9H18BrNO3S/c1-7(2)8(10)9(12)11-5-4-6-15(3,13)14/h7-8H,4-6H2,1-3H3,(H,11,12). The number of halogens is 1. The number of amides is 1. The van der Waals surface area contributed by atoms with Crippen LogP contribution in [0.1, 0.15) is 20.3 Å². The zero-order chi connectivity index (χ0) is 12.1. The van der Waals surface area contributed by atoms with Crippen molar-refractivity contribution in [3.8, 4) is 0 Å². The topological polar surface area (TPSA) is 63.2 Å². The van der Waals surface area contributed by atoms with Crippen molar-refractivity contribution in [1.82, 2.24) is 5.32 Å². The summed E-state index contributed by atoms with van der Waals surface area (Å²) in [6.45, 7) is 4.28. The molecule has 6 heteroatoms. The second kappa shape index (κ2) is 6.48. The van der Waals surface area contributed by atoms with Crippen molar-refractivity contribution in [3.63, 3.8) is 0 Å². The largest absolute Gasteiger partial charge is 0.355 e. The van der Waals surface area contributed by atoms with Gasteiger partial charge in [-0.2, -0.15) is 0 Å². The summed E-state index contributed by atoms with van der Waals surface area (Å²) in [5.41, 5.74) is 0.